The van der Waals surface area contributed by atoms with Crippen molar-refractivity contribution < 1.29 is 5.11 Å². The van der Waals surface area contributed by atoms with E-state index in [1.807, 2.05) is 6.20 Å². The van der Waals surface area contributed by atoms with Crippen molar-refractivity contribution in [2.75, 3.05) is 0 Å². The molecule has 5 nitrogen and oxygen atoms in total. The third-order valence-corrected chi connectivity index (χ3v) is 14.1. The van der Waals surface area contributed by atoms with E-state index in [4.69, 9.17) is 9.97 Å². The second-order valence-corrected chi connectivity index (χ2v) is 22.2. The predicted octanol–water partition coefficient (Wildman–Crippen LogP) is 17.5. The van der Waals surface area contributed by atoms with E-state index in [0.29, 0.717) is 11.4 Å². The lowest BCUT2D eigenvalue weighted by molar-refractivity contribution is 0.446. The summed E-state index contributed by atoms with van der Waals surface area (Å²) in [7, 11) is 0. The fourth-order valence-electron chi connectivity index (χ4n) is 10.2. The number of hydrogen-bond donors (Lipinski definition) is 1. The van der Waals surface area contributed by atoms with Gasteiger partial charge < -0.3 is 9.67 Å². The summed E-state index contributed by atoms with van der Waals surface area (Å²) in [6, 6.07) is 67.2. The summed E-state index contributed by atoms with van der Waals surface area (Å²) in [5.41, 5.74) is 17.7. The quantitative estimate of drug-likeness (QED) is 0.173. The van der Waals surface area contributed by atoms with E-state index in [2.05, 4.69) is 260 Å². The van der Waals surface area contributed by atoms with E-state index in [1.165, 1.54) is 10.9 Å². The average molecular weight is 925 g/mol. The molecule has 0 spiro atoms. The van der Waals surface area contributed by atoms with Gasteiger partial charge in [-0.15, -0.1) is 0 Å². The van der Waals surface area contributed by atoms with Gasteiger partial charge in [0.25, 0.3) is 0 Å². The molecule has 0 atom stereocenters. The van der Waals surface area contributed by atoms with Crippen LogP contribution in [0.2, 0.25) is 0 Å². The van der Waals surface area contributed by atoms with E-state index < -0.39 is 0 Å². The molecule has 0 amide bonds. The fraction of sp³-hybridized carbons (Fsp3) is 0.182. The molecular weight excluding hydrogens is 865 g/mol. The van der Waals surface area contributed by atoms with E-state index in [0.717, 1.165) is 94.6 Å². The molecule has 0 unspecified atom stereocenters. The maximum atomic E-state index is 12.7. The molecule has 11 rings (SSSR count). The van der Waals surface area contributed by atoms with E-state index in [-0.39, 0.29) is 22.0 Å². The van der Waals surface area contributed by atoms with Gasteiger partial charge >= 0.3 is 0 Å². The minimum Gasteiger partial charge on any atom is -0.507 e. The van der Waals surface area contributed by atoms with Crippen molar-refractivity contribution in [1.82, 2.24) is 19.1 Å². The van der Waals surface area contributed by atoms with Crippen molar-refractivity contribution in [2.45, 2.75) is 78.6 Å². The van der Waals surface area contributed by atoms with Gasteiger partial charge in [-0.05, 0) is 116 Å². The molecule has 5 heteroatoms. The first-order valence-corrected chi connectivity index (χ1v) is 24.8. The monoisotopic (exact) mass is 924 g/mol. The van der Waals surface area contributed by atoms with Crippen LogP contribution in [0.5, 0.6) is 5.75 Å². The first-order valence-electron chi connectivity index (χ1n) is 24.8. The molecular formula is C66H60N4O. The van der Waals surface area contributed by atoms with Crippen LogP contribution in [0, 0.1) is 0 Å². The van der Waals surface area contributed by atoms with Gasteiger partial charge in [0.15, 0.2) is 0 Å². The first kappa shape index (κ1) is 45.4. The number of imidazole rings is 1. The Morgan fingerprint density at radius 1 is 0.408 bits per heavy atom. The number of phenolic OH excluding ortho intramolecular Hbond substituents is 1. The van der Waals surface area contributed by atoms with Crippen molar-refractivity contribution in [2.24, 2.45) is 0 Å². The molecule has 1 N–H and O–H groups in total. The standard InChI is InChI=1S/C66H60N4O/c1-64(2,3)47-32-33-58(52(37-47)43-24-15-11-16-25-43)70-59-31-21-29-50(61(59)68-63(70)53-38-48(65(4,5)6)39-55(62(53)71)66(7,8)9)45-34-44(42-22-13-10-14-23-42)35-46(36-45)56-40-60-54(41-67-56)51-28-19-20-30-57(51)69(60)49-26-17-12-18-27-49/h10-41,71H,1-9H3. The third kappa shape index (κ3) is 8.19. The Morgan fingerprint density at radius 2 is 1.01 bits per heavy atom. The highest BCUT2D eigenvalue weighted by molar-refractivity contribution is 6.10. The molecule has 71 heavy (non-hydrogen) atoms. The van der Waals surface area contributed by atoms with Gasteiger partial charge in [0.05, 0.1) is 39.0 Å². The number of aromatic hydroxyl groups is 1. The number of rotatable bonds is 7. The van der Waals surface area contributed by atoms with Crippen LogP contribution in [0.25, 0.3) is 100 Å². The van der Waals surface area contributed by atoms with Crippen LogP contribution in [0.1, 0.15) is 79.0 Å². The third-order valence-electron chi connectivity index (χ3n) is 14.1. The molecule has 350 valence electrons. The van der Waals surface area contributed by atoms with Crippen LogP contribution in [-0.4, -0.2) is 24.2 Å². The highest BCUT2D eigenvalue weighted by atomic mass is 16.3. The van der Waals surface area contributed by atoms with Gasteiger partial charge in [-0.25, -0.2) is 4.98 Å². The summed E-state index contributed by atoms with van der Waals surface area (Å²) in [5, 5.41) is 14.9. The maximum Gasteiger partial charge on any atom is 0.149 e. The lowest BCUT2D eigenvalue weighted by atomic mass is 9.79. The maximum absolute atomic E-state index is 12.7. The van der Waals surface area contributed by atoms with Crippen LogP contribution in [-0.2, 0) is 16.2 Å². The molecule has 3 heterocycles. The largest absolute Gasteiger partial charge is 0.507 e. The summed E-state index contributed by atoms with van der Waals surface area (Å²) in [4.78, 5) is 11.0. The molecule has 0 aliphatic carbocycles. The van der Waals surface area contributed by atoms with Gasteiger partial charge in [-0.2, -0.15) is 0 Å². The van der Waals surface area contributed by atoms with Crippen LogP contribution in [0.4, 0.5) is 0 Å². The van der Waals surface area contributed by atoms with Gasteiger partial charge in [-0.1, -0.05) is 184 Å². The summed E-state index contributed by atoms with van der Waals surface area (Å²) in [6.45, 7) is 20.0. The van der Waals surface area contributed by atoms with Crippen molar-refractivity contribution in [3.63, 3.8) is 0 Å². The SMILES string of the molecule is CC(C)(C)c1ccc(-n2c(-c3cc(C(C)(C)C)cc(C(C)(C)C)c3O)nc3c(-c4cc(-c5ccccc5)cc(-c5cc6c(cn5)c5ccccc5n6-c5ccccc5)c4)cccc32)c(-c2ccccc2)c1. The lowest BCUT2D eigenvalue weighted by Gasteiger charge is -2.28. The summed E-state index contributed by atoms with van der Waals surface area (Å²) >= 11 is 0. The van der Waals surface area contributed by atoms with Crippen LogP contribution >= 0.6 is 0 Å². The molecule has 11 aromatic rings. The number of nitrogens with zero attached hydrogens (tertiary/aromatic N) is 4. The van der Waals surface area contributed by atoms with Crippen molar-refractivity contribution in [3.8, 4) is 73.2 Å². The second kappa shape index (κ2) is 17.1. The normalized spacial score (nSPS) is 12.4. The van der Waals surface area contributed by atoms with Crippen LogP contribution in [0.15, 0.2) is 194 Å². The van der Waals surface area contributed by atoms with Crippen molar-refractivity contribution in [3.05, 3.63) is 211 Å². The van der Waals surface area contributed by atoms with Gasteiger partial charge in [0, 0.05) is 44.9 Å². The lowest BCUT2D eigenvalue weighted by Crippen LogP contribution is -2.17. The zero-order valence-electron chi connectivity index (χ0n) is 42.2. The minimum atomic E-state index is -0.341. The number of aromatic nitrogens is 4. The van der Waals surface area contributed by atoms with Gasteiger partial charge in [0.1, 0.15) is 11.6 Å². The number of phenols is 1. The van der Waals surface area contributed by atoms with Gasteiger partial charge in [0.2, 0.25) is 0 Å². The average Bonchev–Trinajstić information content (AvgIpc) is 3.92. The molecule has 0 aliphatic heterocycles. The Bertz CT molecular complexity index is 3800. The van der Waals surface area contributed by atoms with Crippen molar-refractivity contribution >= 4 is 32.8 Å². The zero-order valence-corrected chi connectivity index (χ0v) is 42.2. The smallest absolute Gasteiger partial charge is 0.149 e. The first-order chi connectivity index (χ1) is 34.0. The van der Waals surface area contributed by atoms with Crippen LogP contribution in [0.3, 0.4) is 0 Å². The highest BCUT2D eigenvalue weighted by Crippen LogP contribution is 2.46. The Kier molecular flexibility index (Phi) is 11.0. The molecule has 3 aromatic heterocycles. The highest BCUT2D eigenvalue weighted by Gasteiger charge is 2.30. The Labute approximate surface area is 417 Å². The Morgan fingerprint density at radius 3 is 1.70 bits per heavy atom. The molecule has 8 aromatic carbocycles. The fourth-order valence-corrected chi connectivity index (χ4v) is 10.2. The van der Waals surface area contributed by atoms with Gasteiger partial charge in [-0.3, -0.25) is 9.55 Å². The topological polar surface area (TPSA) is 55.9 Å². The summed E-state index contributed by atoms with van der Waals surface area (Å²) in [6.07, 6.45) is 2.04. The van der Waals surface area contributed by atoms with E-state index >= 15 is 0 Å². The molecule has 0 aliphatic rings. The molecule has 0 fully saturated rings. The summed E-state index contributed by atoms with van der Waals surface area (Å²) in [5.74, 6) is 0.932. The minimum absolute atomic E-state index is 0.0883. The van der Waals surface area contributed by atoms with E-state index in [9.17, 15) is 5.11 Å². The molecule has 0 saturated carbocycles. The number of para-hydroxylation sites is 3. The molecule has 0 radical (unpaired) electrons. The van der Waals surface area contributed by atoms with Crippen LogP contribution < -0.4 is 0 Å². The second-order valence-electron chi connectivity index (χ2n) is 22.2. The van der Waals surface area contributed by atoms with Crippen molar-refractivity contribution in [1.29, 1.82) is 0 Å². The Balaban J connectivity index is 1.21. The number of pyridine rings is 1. The number of benzene rings is 8. The van der Waals surface area contributed by atoms with E-state index in [1.54, 1.807) is 0 Å². The number of hydrogen-bond acceptors (Lipinski definition) is 3. The Hall–Kier alpha value is -8.02. The predicted molar refractivity (Wildman–Crippen MR) is 298 cm³/mol. The number of fused-ring (bicyclic) bond motifs is 4. The molecule has 0 bridgehead atoms. The zero-order chi connectivity index (χ0) is 49.4. The molecule has 0 saturated heterocycles. The summed E-state index contributed by atoms with van der Waals surface area (Å²) < 4.78 is 4.64.